The van der Waals surface area contributed by atoms with Gasteiger partial charge in [0.15, 0.2) is 0 Å². The fraction of sp³-hybridized carbons (Fsp3) is 0.389. The lowest BCUT2D eigenvalue weighted by Gasteiger charge is -2.14. The third-order valence-corrected chi connectivity index (χ3v) is 3.82. The summed E-state index contributed by atoms with van der Waals surface area (Å²) in [4.78, 5) is 11.7. The summed E-state index contributed by atoms with van der Waals surface area (Å²) in [5.41, 5.74) is 2.14. The molecule has 0 fully saturated rings. The molecule has 1 aromatic carbocycles. The van der Waals surface area contributed by atoms with Gasteiger partial charge in [0.2, 0.25) is 5.91 Å². The van der Waals surface area contributed by atoms with Gasteiger partial charge in [-0.15, -0.1) is 0 Å². The molecule has 1 aliphatic heterocycles. The van der Waals surface area contributed by atoms with Crippen LogP contribution in [0, 0.1) is 0 Å². The van der Waals surface area contributed by atoms with Crippen LogP contribution in [0.5, 0.6) is 11.5 Å². The number of anilines is 1. The number of carbonyl (C=O) groups is 1. The molecule has 0 saturated carbocycles. The van der Waals surface area contributed by atoms with E-state index in [1.165, 1.54) is 5.57 Å². The first-order valence-corrected chi connectivity index (χ1v) is 7.78. The van der Waals surface area contributed by atoms with Gasteiger partial charge in [-0.1, -0.05) is 23.8 Å². The summed E-state index contributed by atoms with van der Waals surface area (Å²) in [6, 6.07) is 5.56. The van der Waals surface area contributed by atoms with Gasteiger partial charge in [-0.25, -0.2) is 0 Å². The molecule has 1 amide bonds. The maximum Gasteiger partial charge on any atom is 0.228 e. The van der Waals surface area contributed by atoms with Crippen LogP contribution in [0.3, 0.4) is 0 Å². The van der Waals surface area contributed by atoms with E-state index in [1.54, 1.807) is 0 Å². The van der Waals surface area contributed by atoms with E-state index < -0.39 is 0 Å². The fourth-order valence-electron chi connectivity index (χ4n) is 2.67. The van der Waals surface area contributed by atoms with E-state index in [1.807, 2.05) is 25.1 Å². The topological polar surface area (TPSA) is 47.6 Å². The van der Waals surface area contributed by atoms with E-state index >= 15 is 0 Å². The predicted octanol–water partition coefficient (Wildman–Crippen LogP) is 3.84. The highest BCUT2D eigenvalue weighted by molar-refractivity contribution is 5.93. The van der Waals surface area contributed by atoms with Crippen molar-refractivity contribution >= 4 is 11.6 Å². The molecule has 0 aromatic heterocycles. The minimum absolute atomic E-state index is 0.0165. The molecule has 1 aromatic rings. The summed E-state index contributed by atoms with van der Waals surface area (Å²) in [5, 5.41) is 2.85. The molecule has 0 bridgehead atoms. The Morgan fingerprint density at radius 2 is 2.32 bits per heavy atom. The van der Waals surface area contributed by atoms with Crippen LogP contribution in [0.15, 0.2) is 42.0 Å². The third kappa shape index (κ3) is 3.70. The molecular weight excluding hydrogens is 278 g/mol. The second-order valence-corrected chi connectivity index (χ2v) is 5.73. The first kappa shape index (κ1) is 14.7. The molecule has 116 valence electrons. The predicted molar refractivity (Wildman–Crippen MR) is 86.3 cm³/mol. The highest BCUT2D eigenvalue weighted by Crippen LogP contribution is 2.32. The van der Waals surface area contributed by atoms with E-state index in [0.29, 0.717) is 24.5 Å². The molecule has 1 atom stereocenters. The number of rotatable bonds is 4. The zero-order valence-electron chi connectivity index (χ0n) is 12.8. The molecule has 1 aliphatic carbocycles. The smallest absolute Gasteiger partial charge is 0.228 e. The second kappa shape index (κ2) is 6.69. The number of fused-ring (bicyclic) bond motifs is 1. The molecule has 0 unspecified atom stereocenters. The number of amides is 1. The van der Waals surface area contributed by atoms with Gasteiger partial charge in [0.1, 0.15) is 17.6 Å². The normalized spacial score (nSPS) is 20.3. The van der Waals surface area contributed by atoms with Crippen LogP contribution in [0.25, 0.3) is 0 Å². The van der Waals surface area contributed by atoms with Gasteiger partial charge in [-0.05, 0) is 31.9 Å². The van der Waals surface area contributed by atoms with Crippen LogP contribution in [0.1, 0.15) is 32.6 Å². The zero-order chi connectivity index (χ0) is 15.4. The summed E-state index contributed by atoms with van der Waals surface area (Å²) >= 11 is 0. The molecule has 0 radical (unpaired) electrons. The SMILES string of the molecule is C[C@@H]1CC(=O)Nc2ccc(OCCC3=CC=CCC3)cc2O1. The molecule has 0 saturated heterocycles. The Bertz CT molecular complexity index is 619. The van der Waals surface area contributed by atoms with Crippen molar-refractivity contribution in [3.05, 3.63) is 42.0 Å². The molecule has 1 N–H and O–H groups in total. The molecule has 0 spiro atoms. The van der Waals surface area contributed by atoms with E-state index in [9.17, 15) is 4.79 Å². The lowest BCUT2D eigenvalue weighted by Crippen LogP contribution is -2.17. The van der Waals surface area contributed by atoms with Crippen LogP contribution in [0.2, 0.25) is 0 Å². The van der Waals surface area contributed by atoms with Crippen LogP contribution in [0.4, 0.5) is 5.69 Å². The minimum atomic E-state index is -0.129. The number of allylic oxidation sites excluding steroid dienone is 3. The Kier molecular flexibility index (Phi) is 4.47. The number of ether oxygens (including phenoxy) is 2. The van der Waals surface area contributed by atoms with Gasteiger partial charge < -0.3 is 14.8 Å². The van der Waals surface area contributed by atoms with E-state index in [-0.39, 0.29) is 12.0 Å². The van der Waals surface area contributed by atoms with E-state index in [0.717, 1.165) is 25.0 Å². The van der Waals surface area contributed by atoms with Crippen molar-refractivity contribution in [1.82, 2.24) is 0 Å². The Morgan fingerprint density at radius 1 is 1.41 bits per heavy atom. The quantitative estimate of drug-likeness (QED) is 0.919. The molecule has 4 heteroatoms. The summed E-state index contributed by atoms with van der Waals surface area (Å²) in [6.45, 7) is 2.55. The van der Waals surface area contributed by atoms with Crippen molar-refractivity contribution in [3.63, 3.8) is 0 Å². The average Bonchev–Trinajstić information content (AvgIpc) is 2.64. The third-order valence-electron chi connectivity index (χ3n) is 3.82. The number of hydrogen-bond acceptors (Lipinski definition) is 3. The maximum absolute atomic E-state index is 11.7. The second-order valence-electron chi connectivity index (χ2n) is 5.73. The van der Waals surface area contributed by atoms with Gasteiger partial charge in [0.25, 0.3) is 0 Å². The van der Waals surface area contributed by atoms with Gasteiger partial charge >= 0.3 is 0 Å². The Morgan fingerprint density at radius 3 is 3.14 bits per heavy atom. The summed E-state index contributed by atoms with van der Waals surface area (Å²) in [5.74, 6) is 1.43. The summed E-state index contributed by atoms with van der Waals surface area (Å²) < 4.78 is 11.6. The van der Waals surface area contributed by atoms with Crippen molar-refractivity contribution in [1.29, 1.82) is 0 Å². The molecule has 3 rings (SSSR count). The fourth-order valence-corrected chi connectivity index (χ4v) is 2.67. The van der Waals surface area contributed by atoms with Crippen molar-refractivity contribution < 1.29 is 14.3 Å². The van der Waals surface area contributed by atoms with Gasteiger partial charge in [0.05, 0.1) is 18.7 Å². The Balaban J connectivity index is 1.62. The lowest BCUT2D eigenvalue weighted by molar-refractivity contribution is -0.117. The van der Waals surface area contributed by atoms with E-state index in [2.05, 4.69) is 23.5 Å². The van der Waals surface area contributed by atoms with E-state index in [4.69, 9.17) is 9.47 Å². The molecule has 4 nitrogen and oxygen atoms in total. The van der Waals surface area contributed by atoms with Crippen molar-refractivity contribution in [2.24, 2.45) is 0 Å². The highest BCUT2D eigenvalue weighted by Gasteiger charge is 2.19. The maximum atomic E-state index is 11.7. The van der Waals surface area contributed by atoms with Crippen molar-refractivity contribution in [2.75, 3.05) is 11.9 Å². The van der Waals surface area contributed by atoms with Gasteiger partial charge in [-0.3, -0.25) is 4.79 Å². The van der Waals surface area contributed by atoms with Crippen molar-refractivity contribution in [3.8, 4) is 11.5 Å². The Hall–Kier alpha value is -2.23. The minimum Gasteiger partial charge on any atom is -0.493 e. The molecule has 2 aliphatic rings. The zero-order valence-corrected chi connectivity index (χ0v) is 12.8. The first-order chi connectivity index (χ1) is 10.7. The van der Waals surface area contributed by atoms with Crippen molar-refractivity contribution in [2.45, 2.75) is 38.7 Å². The largest absolute Gasteiger partial charge is 0.493 e. The standard InChI is InChI=1S/C18H21NO3/c1-13-11-18(20)19-16-8-7-15(12-17(16)22-13)21-10-9-14-5-3-2-4-6-14/h2-3,5,7-8,12-13H,4,6,9-11H2,1H3,(H,19,20)/t13-/m1/s1. The summed E-state index contributed by atoms with van der Waals surface area (Å²) in [7, 11) is 0. The van der Waals surface area contributed by atoms with Gasteiger partial charge in [0, 0.05) is 12.5 Å². The number of carbonyl (C=O) groups excluding carboxylic acids is 1. The van der Waals surface area contributed by atoms with Crippen LogP contribution >= 0.6 is 0 Å². The lowest BCUT2D eigenvalue weighted by atomic mass is 10.0. The molecular formula is C18H21NO3. The monoisotopic (exact) mass is 299 g/mol. The van der Waals surface area contributed by atoms with Crippen LogP contribution < -0.4 is 14.8 Å². The first-order valence-electron chi connectivity index (χ1n) is 7.78. The number of nitrogens with one attached hydrogen (secondary N) is 1. The summed E-state index contributed by atoms with van der Waals surface area (Å²) in [6.07, 6.45) is 9.89. The van der Waals surface area contributed by atoms with Crippen LogP contribution in [-0.2, 0) is 4.79 Å². The number of hydrogen-bond donors (Lipinski definition) is 1. The number of benzene rings is 1. The Labute approximate surface area is 130 Å². The molecule has 22 heavy (non-hydrogen) atoms. The van der Waals surface area contributed by atoms with Crippen LogP contribution in [-0.4, -0.2) is 18.6 Å². The van der Waals surface area contributed by atoms with Gasteiger partial charge in [-0.2, -0.15) is 0 Å². The molecule has 1 heterocycles. The highest BCUT2D eigenvalue weighted by atomic mass is 16.5. The average molecular weight is 299 g/mol.